The largest absolute Gasteiger partial charge is 0.373 e. The van der Waals surface area contributed by atoms with Crippen molar-refractivity contribution in [1.82, 2.24) is 4.31 Å². The molecule has 28 heavy (non-hydrogen) atoms. The Morgan fingerprint density at radius 1 is 1.04 bits per heavy atom. The fourth-order valence-corrected chi connectivity index (χ4v) is 4.70. The average molecular weight is 401 g/mol. The second-order valence-corrected chi connectivity index (χ2v) is 8.77. The number of nitrogens with one attached hydrogen (secondary N) is 1. The third kappa shape index (κ3) is 5.07. The summed E-state index contributed by atoms with van der Waals surface area (Å²) in [6, 6.07) is 15.7. The van der Waals surface area contributed by atoms with Crippen molar-refractivity contribution >= 4 is 27.7 Å². The van der Waals surface area contributed by atoms with Gasteiger partial charge in [-0.1, -0.05) is 30.3 Å². The van der Waals surface area contributed by atoms with Crippen molar-refractivity contribution in [2.45, 2.75) is 31.0 Å². The number of morpholine rings is 1. The van der Waals surface area contributed by atoms with E-state index in [-0.39, 0.29) is 23.0 Å². The molecule has 0 radical (unpaired) electrons. The first-order valence-electron chi connectivity index (χ1n) is 9.14. The number of hydrogen-bond acceptors (Lipinski definition) is 4. The molecule has 1 amide bonds. The van der Waals surface area contributed by atoms with Crippen LogP contribution >= 0.6 is 0 Å². The van der Waals surface area contributed by atoms with Crippen LogP contribution in [0.3, 0.4) is 0 Å². The normalized spacial score (nSPS) is 20.9. The molecule has 148 valence electrons. The second-order valence-electron chi connectivity index (χ2n) is 6.84. The Balaban J connectivity index is 1.66. The zero-order valence-electron chi connectivity index (χ0n) is 15.9. The molecule has 2 aromatic rings. The highest BCUT2D eigenvalue weighted by molar-refractivity contribution is 7.89. The Bertz CT molecular complexity index is 930. The van der Waals surface area contributed by atoms with Gasteiger partial charge in [-0.05, 0) is 49.8 Å². The first-order valence-corrected chi connectivity index (χ1v) is 10.6. The highest BCUT2D eigenvalue weighted by atomic mass is 32.2. The monoisotopic (exact) mass is 400 g/mol. The lowest BCUT2D eigenvalue weighted by molar-refractivity contribution is -0.111. The van der Waals surface area contributed by atoms with Crippen molar-refractivity contribution in [2.24, 2.45) is 0 Å². The molecule has 1 aliphatic heterocycles. The second kappa shape index (κ2) is 8.68. The molecule has 1 fully saturated rings. The highest BCUT2D eigenvalue weighted by Gasteiger charge is 2.32. The fraction of sp³-hybridized carbons (Fsp3) is 0.286. The number of sulfonamides is 1. The minimum Gasteiger partial charge on any atom is -0.373 e. The van der Waals surface area contributed by atoms with E-state index in [1.54, 1.807) is 18.2 Å². The summed E-state index contributed by atoms with van der Waals surface area (Å²) < 4.78 is 32.7. The Labute approximate surface area is 165 Å². The predicted molar refractivity (Wildman–Crippen MR) is 109 cm³/mol. The highest BCUT2D eigenvalue weighted by Crippen LogP contribution is 2.22. The van der Waals surface area contributed by atoms with Gasteiger partial charge in [0.1, 0.15) is 0 Å². The Hall–Kier alpha value is -2.48. The van der Waals surface area contributed by atoms with Crippen LogP contribution in [0.4, 0.5) is 5.69 Å². The molecule has 7 heteroatoms. The van der Waals surface area contributed by atoms with E-state index in [2.05, 4.69) is 5.32 Å². The maximum atomic E-state index is 12.8. The maximum absolute atomic E-state index is 12.8. The number of hydrogen-bond donors (Lipinski definition) is 1. The van der Waals surface area contributed by atoms with E-state index in [0.717, 1.165) is 5.56 Å². The number of nitrogens with zero attached hydrogens (tertiary/aromatic N) is 1. The summed E-state index contributed by atoms with van der Waals surface area (Å²) in [4.78, 5) is 12.2. The molecule has 1 aliphatic rings. The lowest BCUT2D eigenvalue weighted by Gasteiger charge is -2.34. The van der Waals surface area contributed by atoms with E-state index in [4.69, 9.17) is 4.74 Å². The number of benzene rings is 2. The summed E-state index contributed by atoms with van der Waals surface area (Å²) in [6.45, 7) is 4.38. The van der Waals surface area contributed by atoms with Gasteiger partial charge in [0.05, 0.1) is 17.1 Å². The molecule has 2 unspecified atom stereocenters. The zero-order chi connectivity index (χ0) is 20.1. The van der Waals surface area contributed by atoms with E-state index in [0.29, 0.717) is 18.8 Å². The summed E-state index contributed by atoms with van der Waals surface area (Å²) in [6.07, 6.45) is 2.87. The molecule has 0 aliphatic carbocycles. The quantitative estimate of drug-likeness (QED) is 0.783. The number of rotatable bonds is 5. The van der Waals surface area contributed by atoms with E-state index < -0.39 is 10.0 Å². The summed E-state index contributed by atoms with van der Waals surface area (Å²) in [5, 5.41) is 2.73. The minimum absolute atomic E-state index is 0.145. The minimum atomic E-state index is -3.59. The van der Waals surface area contributed by atoms with Gasteiger partial charge in [0.2, 0.25) is 15.9 Å². The van der Waals surface area contributed by atoms with E-state index in [1.165, 1.54) is 22.5 Å². The van der Waals surface area contributed by atoms with Gasteiger partial charge in [-0.3, -0.25) is 4.79 Å². The Morgan fingerprint density at radius 2 is 1.64 bits per heavy atom. The van der Waals surface area contributed by atoms with Gasteiger partial charge in [-0.2, -0.15) is 4.31 Å². The standard InChI is InChI=1S/C21H24N2O4S/c1-16-14-23(15-17(2)27-16)28(25,26)20-11-9-19(10-12-20)22-21(24)13-8-18-6-4-3-5-7-18/h3-13,16-17H,14-15H2,1-2H3,(H,22,24)/b13-8+. The van der Waals surface area contributed by atoms with Crippen LogP contribution in [0.1, 0.15) is 19.4 Å². The first kappa shape index (κ1) is 20.3. The topological polar surface area (TPSA) is 75.7 Å². The molecule has 0 aromatic heterocycles. The summed E-state index contributed by atoms with van der Waals surface area (Å²) in [5.74, 6) is -0.282. The fourth-order valence-electron chi connectivity index (χ4n) is 3.11. The van der Waals surface area contributed by atoms with Crippen molar-refractivity contribution < 1.29 is 17.9 Å². The summed E-state index contributed by atoms with van der Waals surface area (Å²) in [7, 11) is -3.59. The maximum Gasteiger partial charge on any atom is 0.248 e. The van der Waals surface area contributed by atoms with Gasteiger partial charge in [0, 0.05) is 24.9 Å². The number of ether oxygens (including phenoxy) is 1. The lowest BCUT2D eigenvalue weighted by Crippen LogP contribution is -2.48. The smallest absolute Gasteiger partial charge is 0.248 e. The molecule has 6 nitrogen and oxygen atoms in total. The van der Waals surface area contributed by atoms with Crippen molar-refractivity contribution in [3.8, 4) is 0 Å². The molecular weight excluding hydrogens is 376 g/mol. The van der Waals surface area contributed by atoms with Crippen LogP contribution < -0.4 is 5.32 Å². The Morgan fingerprint density at radius 3 is 2.25 bits per heavy atom. The Kier molecular flexibility index (Phi) is 6.28. The van der Waals surface area contributed by atoms with Crippen LogP contribution in [-0.4, -0.2) is 43.9 Å². The van der Waals surface area contributed by atoms with Gasteiger partial charge < -0.3 is 10.1 Å². The van der Waals surface area contributed by atoms with Crippen molar-refractivity contribution in [1.29, 1.82) is 0 Å². The molecule has 3 rings (SSSR count). The van der Waals surface area contributed by atoms with Gasteiger partial charge in [0.15, 0.2) is 0 Å². The van der Waals surface area contributed by atoms with Crippen LogP contribution in [0.5, 0.6) is 0 Å². The number of carbonyl (C=O) groups excluding carboxylic acids is 1. The van der Waals surface area contributed by atoms with Crippen LogP contribution in [0.15, 0.2) is 65.6 Å². The average Bonchev–Trinajstić information content (AvgIpc) is 2.67. The van der Waals surface area contributed by atoms with Gasteiger partial charge in [-0.15, -0.1) is 0 Å². The van der Waals surface area contributed by atoms with Crippen LogP contribution in [0.25, 0.3) is 6.08 Å². The molecular formula is C21H24N2O4S. The SMILES string of the molecule is CC1CN(S(=O)(=O)c2ccc(NC(=O)/C=C/c3ccccc3)cc2)CC(C)O1. The van der Waals surface area contributed by atoms with E-state index >= 15 is 0 Å². The van der Waals surface area contributed by atoms with Crippen molar-refractivity contribution in [2.75, 3.05) is 18.4 Å². The van der Waals surface area contributed by atoms with Crippen LogP contribution in [0, 0.1) is 0 Å². The van der Waals surface area contributed by atoms with E-state index in [1.807, 2.05) is 44.2 Å². The zero-order valence-corrected chi connectivity index (χ0v) is 16.7. The van der Waals surface area contributed by atoms with Gasteiger partial charge >= 0.3 is 0 Å². The molecule has 0 bridgehead atoms. The number of carbonyl (C=O) groups is 1. The van der Waals surface area contributed by atoms with Crippen LogP contribution in [-0.2, 0) is 19.6 Å². The summed E-state index contributed by atoms with van der Waals surface area (Å²) >= 11 is 0. The molecule has 1 saturated heterocycles. The molecule has 2 atom stereocenters. The first-order chi connectivity index (χ1) is 13.3. The molecule has 0 spiro atoms. The van der Waals surface area contributed by atoms with Gasteiger partial charge in [-0.25, -0.2) is 8.42 Å². The molecule has 1 heterocycles. The lowest BCUT2D eigenvalue weighted by atomic mass is 10.2. The van der Waals surface area contributed by atoms with Crippen molar-refractivity contribution in [3.63, 3.8) is 0 Å². The molecule has 1 N–H and O–H groups in total. The third-order valence-electron chi connectivity index (χ3n) is 4.37. The molecule has 2 aromatic carbocycles. The summed E-state index contributed by atoms with van der Waals surface area (Å²) in [5.41, 5.74) is 1.46. The predicted octanol–water partition coefficient (Wildman–Crippen LogP) is 3.14. The number of anilines is 1. The number of amides is 1. The van der Waals surface area contributed by atoms with Crippen LogP contribution in [0.2, 0.25) is 0 Å². The van der Waals surface area contributed by atoms with E-state index in [9.17, 15) is 13.2 Å². The molecule has 0 saturated carbocycles. The third-order valence-corrected chi connectivity index (χ3v) is 6.22. The van der Waals surface area contributed by atoms with Gasteiger partial charge in [0.25, 0.3) is 0 Å². The van der Waals surface area contributed by atoms with Crippen molar-refractivity contribution in [3.05, 3.63) is 66.2 Å².